The first-order chi connectivity index (χ1) is 17.1. The number of hydrogen-bond donors (Lipinski definition) is 2. The largest absolute Gasteiger partial charge is 0.324 e. The van der Waals surface area contributed by atoms with E-state index in [-0.39, 0.29) is 22.1 Å². The van der Waals surface area contributed by atoms with Crippen LogP contribution < -0.4 is 15.6 Å². The van der Waals surface area contributed by atoms with Crippen LogP contribution in [-0.2, 0) is 17.1 Å². The Hall–Kier alpha value is -4.58. The quantitative estimate of drug-likeness (QED) is 0.376. The molecule has 1 amide bonds. The number of hydrogen-bond acceptors (Lipinski definition) is 7. The summed E-state index contributed by atoms with van der Waals surface area (Å²) >= 11 is 0. The van der Waals surface area contributed by atoms with Gasteiger partial charge in [0.25, 0.3) is 21.5 Å². The first-order valence-electron chi connectivity index (χ1n) is 10.9. The highest BCUT2D eigenvalue weighted by molar-refractivity contribution is 7.92. The van der Waals surface area contributed by atoms with Crippen LogP contribution in [0, 0.1) is 13.8 Å². The van der Waals surface area contributed by atoms with Crippen LogP contribution in [0.3, 0.4) is 0 Å². The van der Waals surface area contributed by atoms with Crippen molar-refractivity contribution in [1.29, 1.82) is 0 Å². The lowest BCUT2D eigenvalue weighted by Gasteiger charge is -2.10. The van der Waals surface area contributed by atoms with E-state index in [0.29, 0.717) is 33.8 Å². The number of carbonyl (C=O) groups is 1. The maximum atomic E-state index is 13.0. The maximum absolute atomic E-state index is 13.0. The average Bonchev–Trinajstić information content (AvgIpc) is 3.15. The summed E-state index contributed by atoms with van der Waals surface area (Å²) in [5.74, 6) is -0.487. The lowest BCUT2D eigenvalue weighted by atomic mass is 10.3. The third-order valence-corrected chi connectivity index (χ3v) is 6.92. The standard InChI is InChI=1S/C24H21N7O4S/c1-14-12-15(2)26-24(25-14)29-36(34,35)17-9-7-16(8-10-17)27-22(32)19-13-18-21(30(19)3)28-20-6-4-5-11-31(20)23(18)33/h4-13H,1-3H3,(H,27,32)(H,25,26,29). The molecule has 4 heterocycles. The van der Waals surface area contributed by atoms with Crippen LogP contribution in [0.4, 0.5) is 11.6 Å². The number of aryl methyl sites for hydroxylation is 3. The van der Waals surface area contributed by atoms with Gasteiger partial charge in [-0.2, -0.15) is 0 Å². The molecule has 0 radical (unpaired) electrons. The number of pyridine rings is 1. The zero-order valence-corrected chi connectivity index (χ0v) is 20.4. The van der Waals surface area contributed by atoms with E-state index in [4.69, 9.17) is 0 Å². The molecule has 11 nitrogen and oxygen atoms in total. The van der Waals surface area contributed by atoms with E-state index in [9.17, 15) is 18.0 Å². The summed E-state index contributed by atoms with van der Waals surface area (Å²) in [5.41, 5.74) is 2.46. The van der Waals surface area contributed by atoms with Crippen LogP contribution >= 0.6 is 0 Å². The van der Waals surface area contributed by atoms with E-state index < -0.39 is 15.9 Å². The number of nitrogens with zero attached hydrogens (tertiary/aromatic N) is 5. The molecule has 1 aromatic carbocycles. The van der Waals surface area contributed by atoms with E-state index >= 15 is 0 Å². The van der Waals surface area contributed by atoms with Crippen molar-refractivity contribution in [3.63, 3.8) is 0 Å². The molecule has 5 rings (SSSR count). The number of anilines is 2. The van der Waals surface area contributed by atoms with Crippen molar-refractivity contribution in [3.05, 3.63) is 88.2 Å². The van der Waals surface area contributed by atoms with E-state index in [0.717, 1.165) is 0 Å². The third-order valence-electron chi connectivity index (χ3n) is 5.57. The fourth-order valence-corrected chi connectivity index (χ4v) is 4.85. The Bertz CT molecular complexity index is 1800. The second-order valence-electron chi connectivity index (χ2n) is 8.23. The Morgan fingerprint density at radius 2 is 1.64 bits per heavy atom. The van der Waals surface area contributed by atoms with Gasteiger partial charge in [0.1, 0.15) is 17.0 Å². The highest BCUT2D eigenvalue weighted by Crippen LogP contribution is 2.20. The molecule has 0 fully saturated rings. The predicted octanol–water partition coefficient (Wildman–Crippen LogP) is 2.65. The Morgan fingerprint density at radius 3 is 2.33 bits per heavy atom. The van der Waals surface area contributed by atoms with Gasteiger partial charge in [0, 0.05) is 30.3 Å². The summed E-state index contributed by atoms with van der Waals surface area (Å²) in [6.07, 6.45) is 1.62. The number of fused-ring (bicyclic) bond motifs is 2. The number of benzene rings is 1. The molecule has 0 saturated carbocycles. The number of aromatic nitrogens is 5. The Morgan fingerprint density at radius 1 is 0.944 bits per heavy atom. The molecule has 0 aliphatic rings. The maximum Gasteiger partial charge on any atom is 0.272 e. The van der Waals surface area contributed by atoms with Gasteiger partial charge in [-0.15, -0.1) is 0 Å². The van der Waals surface area contributed by atoms with Crippen LogP contribution in [0.15, 0.2) is 70.5 Å². The summed E-state index contributed by atoms with van der Waals surface area (Å²) in [4.78, 5) is 38.5. The van der Waals surface area contributed by atoms with Gasteiger partial charge in [-0.1, -0.05) is 6.07 Å². The monoisotopic (exact) mass is 503 g/mol. The fourth-order valence-electron chi connectivity index (χ4n) is 3.90. The van der Waals surface area contributed by atoms with Crippen molar-refractivity contribution >= 4 is 44.2 Å². The van der Waals surface area contributed by atoms with Crippen LogP contribution in [0.2, 0.25) is 0 Å². The molecular weight excluding hydrogens is 482 g/mol. The van der Waals surface area contributed by atoms with Crippen molar-refractivity contribution in [1.82, 2.24) is 23.9 Å². The Balaban J connectivity index is 1.39. The molecule has 0 aliphatic carbocycles. The molecule has 182 valence electrons. The van der Waals surface area contributed by atoms with E-state index in [2.05, 4.69) is 25.0 Å². The van der Waals surface area contributed by atoms with E-state index in [1.54, 1.807) is 55.9 Å². The second-order valence-corrected chi connectivity index (χ2v) is 9.91. The molecule has 5 aromatic rings. The van der Waals surface area contributed by atoms with Crippen molar-refractivity contribution in [2.75, 3.05) is 10.0 Å². The molecule has 2 N–H and O–H groups in total. The average molecular weight is 504 g/mol. The van der Waals surface area contributed by atoms with Crippen LogP contribution in [-0.4, -0.2) is 38.2 Å². The van der Waals surface area contributed by atoms with Crippen LogP contribution in [0.1, 0.15) is 21.9 Å². The summed E-state index contributed by atoms with van der Waals surface area (Å²) in [5, 5.41) is 3.04. The molecule has 0 bridgehead atoms. The zero-order chi connectivity index (χ0) is 25.6. The number of carbonyl (C=O) groups excluding carboxylic acids is 1. The minimum Gasteiger partial charge on any atom is -0.324 e. The first-order valence-corrected chi connectivity index (χ1v) is 12.3. The number of sulfonamides is 1. The topological polar surface area (TPSA) is 140 Å². The van der Waals surface area contributed by atoms with E-state index in [1.807, 2.05) is 0 Å². The van der Waals surface area contributed by atoms with E-state index in [1.165, 1.54) is 34.7 Å². The molecule has 0 aliphatic heterocycles. The third kappa shape index (κ3) is 4.18. The molecule has 12 heteroatoms. The minimum atomic E-state index is -3.93. The highest BCUT2D eigenvalue weighted by Gasteiger charge is 2.19. The molecule has 36 heavy (non-hydrogen) atoms. The second kappa shape index (κ2) is 8.57. The van der Waals surface area contributed by atoms with Gasteiger partial charge in [-0.25, -0.2) is 28.1 Å². The van der Waals surface area contributed by atoms with Gasteiger partial charge in [0.2, 0.25) is 5.95 Å². The minimum absolute atomic E-state index is 0.0159. The predicted molar refractivity (Wildman–Crippen MR) is 135 cm³/mol. The van der Waals surface area contributed by atoms with Crippen molar-refractivity contribution in [2.45, 2.75) is 18.7 Å². The van der Waals surface area contributed by atoms with Gasteiger partial charge in [-0.3, -0.25) is 14.0 Å². The molecule has 0 spiro atoms. The smallest absolute Gasteiger partial charge is 0.272 e. The zero-order valence-electron chi connectivity index (χ0n) is 19.6. The van der Waals surface area contributed by atoms with Crippen molar-refractivity contribution in [3.8, 4) is 0 Å². The summed E-state index contributed by atoms with van der Waals surface area (Å²) < 4.78 is 30.8. The summed E-state index contributed by atoms with van der Waals surface area (Å²) in [7, 11) is -2.28. The van der Waals surface area contributed by atoms with Gasteiger partial charge >= 0.3 is 0 Å². The van der Waals surface area contributed by atoms with Crippen molar-refractivity contribution < 1.29 is 13.2 Å². The Kier molecular flexibility index (Phi) is 5.52. The molecular formula is C24H21N7O4S. The molecule has 0 atom stereocenters. The van der Waals surface area contributed by atoms with Gasteiger partial charge in [0.15, 0.2) is 0 Å². The number of rotatable bonds is 5. The SMILES string of the molecule is Cc1cc(C)nc(NS(=O)(=O)c2ccc(NC(=O)c3cc4c(=O)n5ccccc5nc4n3C)cc2)n1. The highest BCUT2D eigenvalue weighted by atomic mass is 32.2. The molecule has 4 aromatic heterocycles. The number of amides is 1. The summed E-state index contributed by atoms with van der Waals surface area (Å²) in [6, 6.07) is 14.1. The van der Waals surface area contributed by atoms with Crippen LogP contribution in [0.5, 0.6) is 0 Å². The normalized spacial score (nSPS) is 11.6. The molecule has 0 unspecified atom stereocenters. The van der Waals surface area contributed by atoms with Gasteiger partial charge < -0.3 is 9.88 Å². The fraction of sp³-hybridized carbons (Fsp3) is 0.125. The van der Waals surface area contributed by atoms with Crippen molar-refractivity contribution in [2.24, 2.45) is 7.05 Å². The molecule has 0 saturated heterocycles. The lowest BCUT2D eigenvalue weighted by Crippen LogP contribution is -2.17. The van der Waals surface area contributed by atoms with Gasteiger partial charge in [-0.05, 0) is 62.4 Å². The number of nitrogens with one attached hydrogen (secondary N) is 2. The van der Waals surface area contributed by atoms with Gasteiger partial charge in [0.05, 0.1) is 10.3 Å². The van der Waals surface area contributed by atoms with Crippen LogP contribution in [0.25, 0.3) is 16.7 Å². The lowest BCUT2D eigenvalue weighted by molar-refractivity contribution is 0.101. The summed E-state index contributed by atoms with van der Waals surface area (Å²) in [6.45, 7) is 3.49. The Labute approximate surface area is 205 Å². The first kappa shape index (κ1) is 23.2.